The number of hydrogen-bond donors (Lipinski definition) is 0. The SMILES string of the molecule is c1ccc(-c2ccc(N(c3ccc(-c4cccc(-c5ccc6ccccc6c5)c4)cc3)c3ccccc3-c3ccc4c(ccc5c6ccccc6oc45)c3)cc2)cc1. The molecule has 0 aliphatic heterocycles. The summed E-state index contributed by atoms with van der Waals surface area (Å²) in [5.74, 6) is 0. The fraction of sp³-hybridized carbons (Fsp3) is 0. The lowest BCUT2D eigenvalue weighted by Gasteiger charge is -2.28. The van der Waals surface area contributed by atoms with Gasteiger partial charge >= 0.3 is 0 Å². The summed E-state index contributed by atoms with van der Waals surface area (Å²) in [4.78, 5) is 2.38. The van der Waals surface area contributed by atoms with Crippen molar-refractivity contribution in [1.29, 1.82) is 0 Å². The molecule has 0 amide bonds. The highest BCUT2D eigenvalue weighted by molar-refractivity contribution is 6.15. The van der Waals surface area contributed by atoms with Crippen molar-refractivity contribution in [2.24, 2.45) is 0 Å². The molecule has 0 unspecified atom stereocenters. The van der Waals surface area contributed by atoms with E-state index in [9.17, 15) is 0 Å². The van der Waals surface area contributed by atoms with E-state index in [2.05, 4.69) is 217 Å². The van der Waals surface area contributed by atoms with Crippen LogP contribution in [0, 0.1) is 0 Å². The van der Waals surface area contributed by atoms with Gasteiger partial charge in [-0.05, 0) is 122 Å². The van der Waals surface area contributed by atoms with Gasteiger partial charge < -0.3 is 9.32 Å². The minimum absolute atomic E-state index is 0.914. The number of rotatable bonds is 7. The molecule has 2 heteroatoms. The molecule has 0 spiro atoms. The standard InChI is InChI=1S/C56H37NO/c1-2-11-38(12-3-1)40-23-29-48(30-24-40)57(49-31-25-41(26-32-49)43-15-10-16-44(35-43)45-22-21-39-13-4-5-14-42(39)36-45)54-19-8-6-17-50(54)46-27-33-51-47(37-46)28-34-53-52-18-7-9-20-55(52)58-56(51)53/h1-37H. The molecule has 1 aromatic heterocycles. The van der Waals surface area contributed by atoms with E-state index in [1.54, 1.807) is 0 Å². The largest absolute Gasteiger partial charge is 0.455 e. The van der Waals surface area contributed by atoms with Gasteiger partial charge in [0, 0.05) is 33.1 Å². The van der Waals surface area contributed by atoms with Crippen molar-refractivity contribution < 1.29 is 4.42 Å². The quantitative estimate of drug-likeness (QED) is 0.162. The Morgan fingerprint density at radius 1 is 0.293 bits per heavy atom. The van der Waals surface area contributed by atoms with E-state index in [0.29, 0.717) is 0 Å². The smallest absolute Gasteiger partial charge is 0.143 e. The van der Waals surface area contributed by atoms with Crippen LogP contribution in [0.1, 0.15) is 0 Å². The summed E-state index contributed by atoms with van der Waals surface area (Å²) in [6.07, 6.45) is 0. The Kier molecular flexibility index (Phi) is 8.19. The van der Waals surface area contributed by atoms with E-state index in [0.717, 1.165) is 60.9 Å². The molecule has 0 atom stereocenters. The topological polar surface area (TPSA) is 16.4 Å². The average Bonchev–Trinajstić information content (AvgIpc) is 3.69. The third kappa shape index (κ3) is 6.00. The fourth-order valence-electron chi connectivity index (χ4n) is 8.50. The summed E-state index contributed by atoms with van der Waals surface area (Å²) in [6, 6.07) is 80.8. The molecular formula is C56H37NO. The number of anilines is 3. The summed E-state index contributed by atoms with van der Waals surface area (Å²) in [6.45, 7) is 0. The lowest BCUT2D eigenvalue weighted by atomic mass is 9.96. The lowest BCUT2D eigenvalue weighted by molar-refractivity contribution is 0.672. The Bertz CT molecular complexity index is 3270. The molecule has 0 fully saturated rings. The monoisotopic (exact) mass is 739 g/mol. The molecule has 11 aromatic rings. The molecule has 1 heterocycles. The van der Waals surface area contributed by atoms with Crippen LogP contribution in [0.25, 0.3) is 88.0 Å². The third-order valence-corrected chi connectivity index (χ3v) is 11.5. The molecule has 2 nitrogen and oxygen atoms in total. The van der Waals surface area contributed by atoms with E-state index in [1.807, 2.05) is 12.1 Å². The zero-order valence-corrected chi connectivity index (χ0v) is 31.7. The Labute approximate surface area is 337 Å². The minimum Gasteiger partial charge on any atom is -0.455 e. The van der Waals surface area contributed by atoms with Crippen molar-refractivity contribution in [3.05, 3.63) is 224 Å². The molecular weight excluding hydrogens is 703 g/mol. The summed E-state index contributed by atoms with van der Waals surface area (Å²) in [7, 11) is 0. The van der Waals surface area contributed by atoms with Crippen LogP contribution >= 0.6 is 0 Å². The van der Waals surface area contributed by atoms with Crippen LogP contribution in [0.3, 0.4) is 0 Å². The Morgan fingerprint density at radius 2 is 0.828 bits per heavy atom. The van der Waals surface area contributed by atoms with Crippen molar-refractivity contribution in [2.75, 3.05) is 4.90 Å². The van der Waals surface area contributed by atoms with Crippen LogP contribution in [0.2, 0.25) is 0 Å². The zero-order chi connectivity index (χ0) is 38.4. The van der Waals surface area contributed by atoms with Gasteiger partial charge in [-0.2, -0.15) is 0 Å². The van der Waals surface area contributed by atoms with Gasteiger partial charge in [0.2, 0.25) is 0 Å². The maximum absolute atomic E-state index is 6.41. The van der Waals surface area contributed by atoms with Gasteiger partial charge in [0.1, 0.15) is 11.2 Å². The Balaban J connectivity index is 1.00. The predicted octanol–water partition coefficient (Wildman–Crippen LogP) is 16.0. The number of furan rings is 1. The molecule has 0 radical (unpaired) electrons. The van der Waals surface area contributed by atoms with Gasteiger partial charge in [0.25, 0.3) is 0 Å². The van der Waals surface area contributed by atoms with Crippen molar-refractivity contribution in [3.63, 3.8) is 0 Å². The van der Waals surface area contributed by atoms with Crippen molar-refractivity contribution in [3.8, 4) is 44.5 Å². The van der Waals surface area contributed by atoms with E-state index in [1.165, 1.54) is 44.2 Å². The molecule has 58 heavy (non-hydrogen) atoms. The van der Waals surface area contributed by atoms with Gasteiger partial charge in [0.05, 0.1) is 5.69 Å². The molecule has 0 saturated heterocycles. The van der Waals surface area contributed by atoms with Crippen molar-refractivity contribution in [1.82, 2.24) is 0 Å². The molecule has 0 saturated carbocycles. The van der Waals surface area contributed by atoms with Crippen LogP contribution in [-0.4, -0.2) is 0 Å². The molecule has 11 rings (SSSR count). The molecule has 0 aliphatic rings. The van der Waals surface area contributed by atoms with Gasteiger partial charge in [-0.15, -0.1) is 0 Å². The summed E-state index contributed by atoms with van der Waals surface area (Å²) >= 11 is 0. The number of benzene rings is 10. The Morgan fingerprint density at radius 3 is 1.64 bits per heavy atom. The fourth-order valence-corrected chi connectivity index (χ4v) is 8.50. The molecule has 272 valence electrons. The minimum atomic E-state index is 0.914. The lowest BCUT2D eigenvalue weighted by Crippen LogP contribution is -2.11. The average molecular weight is 740 g/mol. The highest BCUT2D eigenvalue weighted by Gasteiger charge is 2.19. The van der Waals surface area contributed by atoms with Crippen LogP contribution < -0.4 is 4.90 Å². The van der Waals surface area contributed by atoms with Crippen LogP contribution in [0.5, 0.6) is 0 Å². The third-order valence-electron chi connectivity index (χ3n) is 11.5. The number of nitrogens with zero attached hydrogens (tertiary/aromatic N) is 1. The maximum Gasteiger partial charge on any atom is 0.143 e. The normalized spacial score (nSPS) is 11.4. The van der Waals surface area contributed by atoms with E-state index in [-0.39, 0.29) is 0 Å². The summed E-state index contributed by atoms with van der Waals surface area (Å²) < 4.78 is 6.41. The second-order valence-electron chi connectivity index (χ2n) is 14.9. The van der Waals surface area contributed by atoms with E-state index >= 15 is 0 Å². The highest BCUT2D eigenvalue weighted by atomic mass is 16.3. The van der Waals surface area contributed by atoms with Crippen LogP contribution in [-0.2, 0) is 0 Å². The summed E-state index contributed by atoms with van der Waals surface area (Å²) in [5.41, 5.74) is 14.6. The Hall–Kier alpha value is -7.68. The first-order valence-corrected chi connectivity index (χ1v) is 19.8. The van der Waals surface area contributed by atoms with Gasteiger partial charge in [-0.25, -0.2) is 0 Å². The molecule has 0 aliphatic carbocycles. The molecule has 10 aromatic carbocycles. The highest BCUT2D eigenvalue weighted by Crippen LogP contribution is 2.43. The second kappa shape index (κ2) is 14.1. The molecule has 0 bridgehead atoms. The first-order chi connectivity index (χ1) is 28.7. The van der Waals surface area contributed by atoms with Crippen molar-refractivity contribution >= 4 is 60.5 Å². The predicted molar refractivity (Wildman–Crippen MR) is 245 cm³/mol. The zero-order valence-electron chi connectivity index (χ0n) is 31.7. The maximum atomic E-state index is 6.41. The second-order valence-corrected chi connectivity index (χ2v) is 14.9. The number of fused-ring (bicyclic) bond motifs is 6. The van der Waals surface area contributed by atoms with E-state index < -0.39 is 0 Å². The number of hydrogen-bond acceptors (Lipinski definition) is 2. The van der Waals surface area contributed by atoms with Gasteiger partial charge in [-0.3, -0.25) is 0 Å². The summed E-state index contributed by atoms with van der Waals surface area (Å²) in [5, 5.41) is 7.05. The van der Waals surface area contributed by atoms with Crippen molar-refractivity contribution in [2.45, 2.75) is 0 Å². The van der Waals surface area contributed by atoms with Crippen LogP contribution in [0.15, 0.2) is 229 Å². The van der Waals surface area contributed by atoms with Gasteiger partial charge in [-0.1, -0.05) is 158 Å². The first kappa shape index (κ1) is 33.6. The number of para-hydroxylation sites is 2. The van der Waals surface area contributed by atoms with Crippen LogP contribution in [0.4, 0.5) is 17.1 Å². The first-order valence-electron chi connectivity index (χ1n) is 19.8. The van der Waals surface area contributed by atoms with E-state index in [4.69, 9.17) is 4.42 Å². The van der Waals surface area contributed by atoms with Gasteiger partial charge in [0.15, 0.2) is 0 Å². The molecule has 0 N–H and O–H groups in total.